The summed E-state index contributed by atoms with van der Waals surface area (Å²) in [5.41, 5.74) is 0. The quantitative estimate of drug-likeness (QED) is 0.469. The molecule has 0 bridgehead atoms. The van der Waals surface area contributed by atoms with Crippen LogP contribution in [-0.2, 0) is 9.47 Å². The van der Waals surface area contributed by atoms with Crippen LogP contribution in [0.1, 0.15) is 19.8 Å². The van der Waals surface area contributed by atoms with Crippen molar-refractivity contribution in [1.82, 2.24) is 4.90 Å². The van der Waals surface area contributed by atoms with E-state index in [9.17, 15) is 4.79 Å². The van der Waals surface area contributed by atoms with Crippen molar-refractivity contribution in [3.8, 4) is 0 Å². The Kier molecular flexibility index (Phi) is 7.39. The molecule has 0 aliphatic heterocycles. The summed E-state index contributed by atoms with van der Waals surface area (Å²) in [4.78, 5) is 12.8. The first-order valence-corrected chi connectivity index (χ1v) is 4.61. The number of nitrogens with zero attached hydrogens (tertiary/aromatic N) is 1. The van der Waals surface area contributed by atoms with Gasteiger partial charge in [-0.15, -0.1) is 0 Å². The van der Waals surface area contributed by atoms with Crippen LogP contribution in [0, 0.1) is 0 Å². The van der Waals surface area contributed by atoms with Crippen molar-refractivity contribution < 1.29 is 14.3 Å². The van der Waals surface area contributed by atoms with Crippen molar-refractivity contribution in [2.24, 2.45) is 0 Å². The molecule has 0 N–H and O–H groups in total. The first-order chi connectivity index (χ1) is 6.16. The van der Waals surface area contributed by atoms with E-state index in [-0.39, 0.29) is 0 Å². The lowest BCUT2D eigenvalue weighted by molar-refractivity contribution is 0.0534. The predicted octanol–water partition coefficient (Wildman–Crippen LogP) is 1.50. The normalized spacial score (nSPS) is 10.2. The zero-order chi connectivity index (χ0) is 10.1. The molecular formula is C9H19NO3. The largest absolute Gasteiger partial charge is 0.508 e. The molecule has 0 radical (unpaired) electrons. The van der Waals surface area contributed by atoms with Gasteiger partial charge in [0.1, 0.15) is 0 Å². The molecule has 0 aliphatic carbocycles. The van der Waals surface area contributed by atoms with Crippen LogP contribution >= 0.6 is 0 Å². The van der Waals surface area contributed by atoms with Gasteiger partial charge >= 0.3 is 6.16 Å². The Bertz CT molecular complexity index is 137. The maximum absolute atomic E-state index is 10.8. The van der Waals surface area contributed by atoms with E-state index in [1.54, 1.807) is 0 Å². The van der Waals surface area contributed by atoms with Gasteiger partial charge in [-0.05, 0) is 26.9 Å². The number of carbonyl (C=O) groups excluding carboxylic acids is 1. The van der Waals surface area contributed by atoms with Crippen molar-refractivity contribution in [3.63, 3.8) is 0 Å². The summed E-state index contributed by atoms with van der Waals surface area (Å²) in [7, 11) is 3.96. The standard InChI is InChI=1S/C9H19NO3/c1-4-7-12-9(11)13-8-5-6-10(2)3/h4-8H2,1-3H3. The second-order valence-electron chi connectivity index (χ2n) is 3.10. The lowest BCUT2D eigenvalue weighted by Gasteiger charge is -2.09. The van der Waals surface area contributed by atoms with Crippen LogP contribution in [0.25, 0.3) is 0 Å². The zero-order valence-corrected chi connectivity index (χ0v) is 8.71. The van der Waals surface area contributed by atoms with Gasteiger partial charge in [-0.2, -0.15) is 0 Å². The molecule has 13 heavy (non-hydrogen) atoms. The maximum atomic E-state index is 10.8. The average Bonchev–Trinajstić information content (AvgIpc) is 2.08. The Hall–Kier alpha value is -0.770. The lowest BCUT2D eigenvalue weighted by atomic mass is 10.4. The third-order valence-corrected chi connectivity index (χ3v) is 1.39. The summed E-state index contributed by atoms with van der Waals surface area (Å²) in [6, 6.07) is 0. The molecule has 0 aliphatic rings. The molecule has 4 heteroatoms. The predicted molar refractivity (Wildman–Crippen MR) is 50.8 cm³/mol. The molecule has 0 spiro atoms. The Balaban J connectivity index is 3.17. The SMILES string of the molecule is CCCOC(=O)OCCCN(C)C. The number of carbonyl (C=O) groups is 1. The Morgan fingerprint density at radius 3 is 2.38 bits per heavy atom. The summed E-state index contributed by atoms with van der Waals surface area (Å²) in [6.45, 7) is 3.73. The molecule has 0 aromatic heterocycles. The van der Waals surface area contributed by atoms with E-state index in [1.807, 2.05) is 25.9 Å². The van der Waals surface area contributed by atoms with Gasteiger partial charge in [-0.25, -0.2) is 4.79 Å². The third-order valence-electron chi connectivity index (χ3n) is 1.39. The van der Waals surface area contributed by atoms with Crippen LogP contribution in [-0.4, -0.2) is 44.9 Å². The van der Waals surface area contributed by atoms with Crippen molar-refractivity contribution in [3.05, 3.63) is 0 Å². The van der Waals surface area contributed by atoms with Crippen LogP contribution in [0.2, 0.25) is 0 Å². The van der Waals surface area contributed by atoms with Crippen molar-refractivity contribution >= 4 is 6.16 Å². The molecule has 0 aromatic carbocycles. The molecule has 0 aromatic rings. The molecule has 0 atom stereocenters. The smallest absolute Gasteiger partial charge is 0.434 e. The second-order valence-corrected chi connectivity index (χ2v) is 3.10. The number of hydrogen-bond acceptors (Lipinski definition) is 4. The summed E-state index contributed by atoms with van der Waals surface area (Å²) < 4.78 is 9.53. The number of rotatable bonds is 6. The highest BCUT2D eigenvalue weighted by Crippen LogP contribution is 1.90. The summed E-state index contributed by atoms with van der Waals surface area (Å²) in [5.74, 6) is 0. The highest BCUT2D eigenvalue weighted by Gasteiger charge is 2.01. The minimum absolute atomic E-state index is 0.431. The summed E-state index contributed by atoms with van der Waals surface area (Å²) in [5, 5.41) is 0. The Morgan fingerprint density at radius 2 is 1.85 bits per heavy atom. The van der Waals surface area contributed by atoms with Gasteiger partial charge < -0.3 is 14.4 Å². The van der Waals surface area contributed by atoms with Gasteiger partial charge in [-0.1, -0.05) is 6.92 Å². The van der Waals surface area contributed by atoms with Crippen LogP contribution < -0.4 is 0 Å². The van der Waals surface area contributed by atoms with Crippen LogP contribution in [0.5, 0.6) is 0 Å². The molecule has 0 rings (SSSR count). The molecule has 78 valence electrons. The first kappa shape index (κ1) is 12.2. The summed E-state index contributed by atoms with van der Waals surface area (Å²) in [6.07, 6.45) is 1.11. The van der Waals surface area contributed by atoms with Gasteiger partial charge in [-0.3, -0.25) is 0 Å². The van der Waals surface area contributed by atoms with Crippen molar-refractivity contribution in [2.75, 3.05) is 33.9 Å². The van der Waals surface area contributed by atoms with E-state index >= 15 is 0 Å². The van der Waals surface area contributed by atoms with Crippen molar-refractivity contribution in [1.29, 1.82) is 0 Å². The molecule has 0 amide bonds. The van der Waals surface area contributed by atoms with Gasteiger partial charge in [0.15, 0.2) is 0 Å². The van der Waals surface area contributed by atoms with E-state index < -0.39 is 6.16 Å². The van der Waals surface area contributed by atoms with Crippen molar-refractivity contribution in [2.45, 2.75) is 19.8 Å². The Labute approximate surface area is 79.8 Å². The lowest BCUT2D eigenvalue weighted by Crippen LogP contribution is -2.16. The third kappa shape index (κ3) is 9.14. The first-order valence-electron chi connectivity index (χ1n) is 4.61. The van der Waals surface area contributed by atoms with E-state index in [1.165, 1.54) is 0 Å². The fraction of sp³-hybridized carbons (Fsp3) is 0.889. The Morgan fingerprint density at radius 1 is 1.23 bits per heavy atom. The highest BCUT2D eigenvalue weighted by molar-refractivity contribution is 5.59. The van der Waals surface area contributed by atoms with Crippen LogP contribution in [0.3, 0.4) is 0 Å². The highest BCUT2D eigenvalue weighted by atomic mass is 16.7. The van der Waals surface area contributed by atoms with Crippen LogP contribution in [0.15, 0.2) is 0 Å². The topological polar surface area (TPSA) is 38.8 Å². The molecule has 0 saturated heterocycles. The van der Waals surface area contributed by atoms with E-state index in [0.717, 1.165) is 19.4 Å². The van der Waals surface area contributed by atoms with Gasteiger partial charge in [0.25, 0.3) is 0 Å². The minimum Gasteiger partial charge on any atom is -0.434 e. The van der Waals surface area contributed by atoms with Gasteiger partial charge in [0.05, 0.1) is 13.2 Å². The van der Waals surface area contributed by atoms with Crippen LogP contribution in [0.4, 0.5) is 4.79 Å². The zero-order valence-electron chi connectivity index (χ0n) is 8.71. The van der Waals surface area contributed by atoms with Gasteiger partial charge in [0, 0.05) is 6.54 Å². The minimum atomic E-state index is -0.555. The van der Waals surface area contributed by atoms with E-state index in [2.05, 4.69) is 0 Å². The average molecular weight is 189 g/mol. The summed E-state index contributed by atoms with van der Waals surface area (Å²) >= 11 is 0. The molecular weight excluding hydrogens is 170 g/mol. The monoisotopic (exact) mass is 189 g/mol. The molecule has 0 unspecified atom stereocenters. The fourth-order valence-electron chi connectivity index (χ4n) is 0.763. The maximum Gasteiger partial charge on any atom is 0.508 e. The van der Waals surface area contributed by atoms with E-state index in [0.29, 0.717) is 13.2 Å². The molecule has 0 heterocycles. The molecule has 0 saturated carbocycles. The number of ether oxygens (including phenoxy) is 2. The van der Waals surface area contributed by atoms with E-state index in [4.69, 9.17) is 9.47 Å². The molecule has 4 nitrogen and oxygen atoms in total. The fourth-order valence-corrected chi connectivity index (χ4v) is 0.763. The number of hydrogen-bond donors (Lipinski definition) is 0. The second kappa shape index (κ2) is 7.86. The molecule has 0 fully saturated rings. The van der Waals surface area contributed by atoms with Gasteiger partial charge in [0.2, 0.25) is 0 Å².